The lowest BCUT2D eigenvalue weighted by Crippen LogP contribution is -2.46. The number of para-hydroxylation sites is 1. The molecule has 92 valence electrons. The third kappa shape index (κ3) is 2.47. The van der Waals surface area contributed by atoms with E-state index in [0.717, 1.165) is 12.7 Å². The van der Waals surface area contributed by atoms with E-state index in [1.165, 1.54) is 50.9 Å². The van der Waals surface area contributed by atoms with Gasteiger partial charge in [0.15, 0.2) is 0 Å². The van der Waals surface area contributed by atoms with Gasteiger partial charge in [0.05, 0.1) is 6.67 Å². The van der Waals surface area contributed by atoms with Gasteiger partial charge in [0.25, 0.3) is 0 Å². The van der Waals surface area contributed by atoms with Gasteiger partial charge in [-0.2, -0.15) is 0 Å². The molecule has 1 aromatic rings. The first-order chi connectivity index (χ1) is 8.43. The van der Waals surface area contributed by atoms with Gasteiger partial charge in [-0.25, -0.2) is 0 Å². The standard InChI is InChI=1S/C15H22N2/c1-2-7-14(8-3-1)17(15-9-6-10-15)13-16-11-4-5-12-16/h1-3,7-8,15H,4-6,9-13H2. The molecule has 2 aliphatic rings. The molecule has 2 nitrogen and oxygen atoms in total. The second-order valence-electron chi connectivity index (χ2n) is 5.36. The lowest BCUT2D eigenvalue weighted by Gasteiger charge is -2.41. The molecule has 0 unspecified atom stereocenters. The topological polar surface area (TPSA) is 6.48 Å². The molecule has 1 aliphatic carbocycles. The van der Waals surface area contributed by atoms with Crippen LogP contribution in [0.4, 0.5) is 5.69 Å². The van der Waals surface area contributed by atoms with Gasteiger partial charge in [0.1, 0.15) is 0 Å². The van der Waals surface area contributed by atoms with E-state index < -0.39 is 0 Å². The number of hydrogen-bond acceptors (Lipinski definition) is 2. The summed E-state index contributed by atoms with van der Waals surface area (Å²) in [6, 6.07) is 11.7. The monoisotopic (exact) mass is 230 g/mol. The molecule has 1 heterocycles. The van der Waals surface area contributed by atoms with E-state index in [0.29, 0.717) is 0 Å². The average molecular weight is 230 g/mol. The van der Waals surface area contributed by atoms with Crippen molar-refractivity contribution in [2.45, 2.75) is 38.1 Å². The van der Waals surface area contributed by atoms with Crippen molar-refractivity contribution >= 4 is 5.69 Å². The Bertz CT molecular complexity index is 339. The Morgan fingerprint density at radius 3 is 2.29 bits per heavy atom. The van der Waals surface area contributed by atoms with E-state index in [4.69, 9.17) is 0 Å². The fourth-order valence-electron chi connectivity index (χ4n) is 2.87. The highest BCUT2D eigenvalue weighted by atomic mass is 15.3. The molecular weight excluding hydrogens is 208 g/mol. The van der Waals surface area contributed by atoms with Crippen molar-refractivity contribution in [1.29, 1.82) is 0 Å². The minimum atomic E-state index is 0.790. The molecule has 0 aromatic heterocycles. The number of anilines is 1. The zero-order valence-corrected chi connectivity index (χ0v) is 10.5. The van der Waals surface area contributed by atoms with E-state index in [1.54, 1.807) is 0 Å². The van der Waals surface area contributed by atoms with Gasteiger partial charge in [-0.3, -0.25) is 4.90 Å². The molecule has 0 bridgehead atoms. The van der Waals surface area contributed by atoms with Crippen molar-refractivity contribution in [3.05, 3.63) is 30.3 Å². The summed E-state index contributed by atoms with van der Waals surface area (Å²) in [6.45, 7) is 3.71. The predicted molar refractivity (Wildman–Crippen MR) is 72.2 cm³/mol. The van der Waals surface area contributed by atoms with Crippen molar-refractivity contribution in [1.82, 2.24) is 4.90 Å². The lowest BCUT2D eigenvalue weighted by molar-refractivity contribution is 0.287. The van der Waals surface area contributed by atoms with Gasteiger partial charge >= 0.3 is 0 Å². The van der Waals surface area contributed by atoms with Crippen LogP contribution in [0.15, 0.2) is 30.3 Å². The van der Waals surface area contributed by atoms with Gasteiger partial charge in [-0.05, 0) is 57.3 Å². The molecule has 0 N–H and O–H groups in total. The molecular formula is C15H22N2. The number of rotatable bonds is 4. The zero-order valence-electron chi connectivity index (χ0n) is 10.5. The second kappa shape index (κ2) is 5.09. The summed E-state index contributed by atoms with van der Waals surface area (Å²) in [4.78, 5) is 5.22. The molecule has 17 heavy (non-hydrogen) atoms. The van der Waals surface area contributed by atoms with Gasteiger partial charge in [0, 0.05) is 11.7 Å². The van der Waals surface area contributed by atoms with Crippen LogP contribution < -0.4 is 4.90 Å². The summed E-state index contributed by atoms with van der Waals surface area (Å²) >= 11 is 0. The highest BCUT2D eigenvalue weighted by molar-refractivity contribution is 5.47. The van der Waals surface area contributed by atoms with E-state index in [2.05, 4.69) is 40.1 Å². The van der Waals surface area contributed by atoms with E-state index in [1.807, 2.05) is 0 Å². The van der Waals surface area contributed by atoms with Crippen LogP contribution in [-0.2, 0) is 0 Å². The normalized spacial score (nSPS) is 21.4. The summed E-state index contributed by atoms with van der Waals surface area (Å²) < 4.78 is 0. The van der Waals surface area contributed by atoms with Crippen LogP contribution in [0.1, 0.15) is 32.1 Å². The van der Waals surface area contributed by atoms with Crippen LogP contribution in [0.2, 0.25) is 0 Å². The third-order valence-corrected chi connectivity index (χ3v) is 4.15. The van der Waals surface area contributed by atoms with Crippen molar-refractivity contribution in [2.75, 3.05) is 24.7 Å². The fraction of sp³-hybridized carbons (Fsp3) is 0.600. The summed E-state index contributed by atoms with van der Waals surface area (Å²) in [5, 5.41) is 0. The van der Waals surface area contributed by atoms with Crippen molar-refractivity contribution in [2.24, 2.45) is 0 Å². The first-order valence-corrected chi connectivity index (χ1v) is 6.97. The summed E-state index contributed by atoms with van der Waals surface area (Å²) in [6.07, 6.45) is 6.93. The molecule has 1 aliphatic heterocycles. The fourth-order valence-corrected chi connectivity index (χ4v) is 2.87. The molecule has 3 rings (SSSR count). The highest BCUT2D eigenvalue weighted by Gasteiger charge is 2.27. The Hall–Kier alpha value is -1.02. The molecule has 0 atom stereocenters. The summed E-state index contributed by atoms with van der Waals surface area (Å²) in [7, 11) is 0. The number of hydrogen-bond donors (Lipinski definition) is 0. The van der Waals surface area contributed by atoms with Gasteiger partial charge < -0.3 is 4.90 Å². The first-order valence-electron chi connectivity index (χ1n) is 6.97. The Kier molecular flexibility index (Phi) is 3.32. The van der Waals surface area contributed by atoms with Crippen LogP contribution in [0.5, 0.6) is 0 Å². The van der Waals surface area contributed by atoms with Crippen LogP contribution in [-0.4, -0.2) is 30.7 Å². The van der Waals surface area contributed by atoms with Crippen molar-refractivity contribution < 1.29 is 0 Å². The molecule has 1 aromatic carbocycles. The molecule has 0 radical (unpaired) electrons. The maximum Gasteiger partial charge on any atom is 0.0710 e. The van der Waals surface area contributed by atoms with Crippen LogP contribution in [0.3, 0.4) is 0 Å². The van der Waals surface area contributed by atoms with E-state index in [-0.39, 0.29) is 0 Å². The average Bonchev–Trinajstić information content (AvgIpc) is 2.80. The quantitative estimate of drug-likeness (QED) is 0.784. The molecule has 1 saturated carbocycles. The minimum Gasteiger partial charge on any atom is -0.356 e. The van der Waals surface area contributed by atoms with Crippen LogP contribution in [0, 0.1) is 0 Å². The molecule has 0 spiro atoms. The third-order valence-electron chi connectivity index (χ3n) is 4.15. The zero-order chi connectivity index (χ0) is 11.5. The van der Waals surface area contributed by atoms with Crippen molar-refractivity contribution in [3.63, 3.8) is 0 Å². The number of nitrogens with zero attached hydrogens (tertiary/aromatic N) is 2. The van der Waals surface area contributed by atoms with E-state index in [9.17, 15) is 0 Å². The van der Waals surface area contributed by atoms with Gasteiger partial charge in [-0.1, -0.05) is 18.2 Å². The summed E-state index contributed by atoms with van der Waals surface area (Å²) in [5.41, 5.74) is 1.41. The first kappa shape index (κ1) is 11.1. The van der Waals surface area contributed by atoms with E-state index >= 15 is 0 Å². The number of likely N-dealkylation sites (tertiary alicyclic amines) is 1. The number of benzene rings is 1. The lowest BCUT2D eigenvalue weighted by atomic mass is 9.91. The van der Waals surface area contributed by atoms with Gasteiger partial charge in [-0.15, -0.1) is 0 Å². The second-order valence-corrected chi connectivity index (χ2v) is 5.36. The highest BCUT2D eigenvalue weighted by Crippen LogP contribution is 2.30. The summed E-state index contributed by atoms with van der Waals surface area (Å²) in [5.74, 6) is 0. The largest absolute Gasteiger partial charge is 0.356 e. The van der Waals surface area contributed by atoms with Crippen LogP contribution >= 0.6 is 0 Å². The Balaban J connectivity index is 1.72. The Morgan fingerprint density at radius 1 is 1.00 bits per heavy atom. The SMILES string of the molecule is c1ccc(N(CN2CCCC2)C2CCC2)cc1. The Morgan fingerprint density at radius 2 is 1.71 bits per heavy atom. The molecule has 2 heteroatoms. The maximum absolute atomic E-state index is 2.62. The molecule has 2 fully saturated rings. The predicted octanol–water partition coefficient (Wildman–Crippen LogP) is 3.10. The van der Waals surface area contributed by atoms with Crippen molar-refractivity contribution in [3.8, 4) is 0 Å². The Labute approximate surface area is 104 Å². The smallest absolute Gasteiger partial charge is 0.0710 e. The van der Waals surface area contributed by atoms with Gasteiger partial charge in [0.2, 0.25) is 0 Å². The minimum absolute atomic E-state index is 0.790. The molecule has 0 amide bonds. The molecule has 1 saturated heterocycles. The maximum atomic E-state index is 2.62. The van der Waals surface area contributed by atoms with Crippen LogP contribution in [0.25, 0.3) is 0 Å².